The zero-order chi connectivity index (χ0) is 19.5. The Kier molecular flexibility index (Phi) is 4.03. The fraction of sp³-hybridized carbons (Fsp3) is 0.500. The number of hydrogen-bond donors (Lipinski definition) is 1. The largest absolute Gasteiger partial charge is 0.383 e. The Labute approximate surface area is 165 Å². The molecule has 3 atom stereocenters. The van der Waals surface area contributed by atoms with Gasteiger partial charge < -0.3 is 5.11 Å². The summed E-state index contributed by atoms with van der Waals surface area (Å²) in [6.07, 6.45) is 5.61. The molecular formula is C22H27N5O. The van der Waals surface area contributed by atoms with Gasteiger partial charge in [0.05, 0.1) is 11.9 Å². The monoisotopic (exact) mass is 377 g/mol. The van der Waals surface area contributed by atoms with Gasteiger partial charge in [0.25, 0.3) is 0 Å². The van der Waals surface area contributed by atoms with Crippen molar-refractivity contribution in [3.63, 3.8) is 0 Å². The summed E-state index contributed by atoms with van der Waals surface area (Å²) in [5.41, 5.74) is 5.37. The highest BCUT2D eigenvalue weighted by atomic mass is 16.3. The van der Waals surface area contributed by atoms with Crippen molar-refractivity contribution in [2.75, 3.05) is 13.1 Å². The molecule has 2 aliphatic rings. The van der Waals surface area contributed by atoms with Gasteiger partial charge in [-0.2, -0.15) is 5.10 Å². The molecule has 1 aliphatic heterocycles. The minimum atomic E-state index is -0.808. The third-order valence-corrected chi connectivity index (χ3v) is 6.69. The summed E-state index contributed by atoms with van der Waals surface area (Å²) >= 11 is 0. The molecule has 1 N–H and O–H groups in total. The van der Waals surface area contributed by atoms with Crippen molar-refractivity contribution in [2.45, 2.75) is 45.8 Å². The van der Waals surface area contributed by atoms with Gasteiger partial charge in [0.15, 0.2) is 5.65 Å². The molecule has 1 saturated carbocycles. The fourth-order valence-electron chi connectivity index (χ4n) is 5.42. The first-order chi connectivity index (χ1) is 13.5. The molecule has 0 radical (unpaired) electrons. The molecule has 0 amide bonds. The minimum absolute atomic E-state index is 0.236. The number of nitrogens with zero attached hydrogens (tertiary/aromatic N) is 5. The summed E-state index contributed by atoms with van der Waals surface area (Å²) in [4.78, 5) is 11.7. The van der Waals surface area contributed by atoms with Gasteiger partial charge in [-0.25, -0.2) is 9.50 Å². The first kappa shape index (κ1) is 17.8. The Morgan fingerprint density at radius 3 is 2.93 bits per heavy atom. The number of pyridine rings is 1. The normalized spacial score (nSPS) is 27.6. The molecule has 0 aromatic carbocycles. The molecule has 3 unspecified atom stereocenters. The molecule has 3 aromatic rings. The number of rotatable bonds is 3. The Bertz CT molecular complexity index is 1040. The van der Waals surface area contributed by atoms with E-state index in [2.05, 4.69) is 41.0 Å². The van der Waals surface area contributed by atoms with Crippen molar-refractivity contribution < 1.29 is 5.11 Å². The first-order valence-electron chi connectivity index (χ1n) is 10.1. The van der Waals surface area contributed by atoms with Crippen LogP contribution in [-0.2, 0) is 12.1 Å². The molecule has 1 saturated heterocycles. The molecule has 1 aliphatic carbocycles. The van der Waals surface area contributed by atoms with Crippen molar-refractivity contribution in [3.8, 4) is 0 Å². The summed E-state index contributed by atoms with van der Waals surface area (Å²) in [7, 11) is 0. The highest BCUT2D eigenvalue weighted by Crippen LogP contribution is 2.50. The molecule has 5 rings (SSSR count). The van der Waals surface area contributed by atoms with Gasteiger partial charge in [-0.1, -0.05) is 6.07 Å². The maximum atomic E-state index is 11.6. The average Bonchev–Trinajstić information content (AvgIpc) is 3.32. The van der Waals surface area contributed by atoms with Crippen LogP contribution in [-0.4, -0.2) is 42.7 Å². The van der Waals surface area contributed by atoms with Crippen LogP contribution in [0.4, 0.5) is 0 Å². The molecule has 6 heteroatoms. The number of fused-ring (bicyclic) bond motifs is 2. The van der Waals surface area contributed by atoms with Gasteiger partial charge in [0.2, 0.25) is 0 Å². The summed E-state index contributed by atoms with van der Waals surface area (Å²) in [5, 5.41) is 16.1. The second-order valence-electron chi connectivity index (χ2n) is 8.64. The topological polar surface area (TPSA) is 66.5 Å². The van der Waals surface area contributed by atoms with Gasteiger partial charge in [0, 0.05) is 48.7 Å². The first-order valence-corrected chi connectivity index (χ1v) is 10.1. The second kappa shape index (κ2) is 6.36. The summed E-state index contributed by atoms with van der Waals surface area (Å²) < 4.78 is 1.92. The van der Waals surface area contributed by atoms with Crippen molar-refractivity contribution >= 4 is 5.65 Å². The standard InChI is InChI=1S/C22H27N5O/c1-14-5-4-8-23-20(14)22(28)7-6-17-11-26(13-19(17)22)12-18-10-24-27-16(3)9-15(2)25-21(18)27/h4-5,8-10,17,19,28H,6-7,11-13H2,1-3H3. The molecule has 6 nitrogen and oxygen atoms in total. The third-order valence-electron chi connectivity index (χ3n) is 6.69. The molecule has 2 fully saturated rings. The molecule has 4 heterocycles. The van der Waals surface area contributed by atoms with Gasteiger partial charge >= 0.3 is 0 Å². The number of aromatic nitrogens is 4. The summed E-state index contributed by atoms with van der Waals surface area (Å²) in [6.45, 7) is 8.87. The quantitative estimate of drug-likeness (QED) is 0.760. The van der Waals surface area contributed by atoms with E-state index in [0.717, 1.165) is 66.3 Å². The maximum Gasteiger partial charge on any atom is 0.159 e. The zero-order valence-corrected chi connectivity index (χ0v) is 16.8. The van der Waals surface area contributed by atoms with E-state index in [1.807, 2.05) is 23.7 Å². The Balaban J connectivity index is 1.40. The smallest absolute Gasteiger partial charge is 0.159 e. The molecule has 3 aromatic heterocycles. The molecule has 0 spiro atoms. The number of likely N-dealkylation sites (tertiary alicyclic amines) is 1. The lowest BCUT2D eigenvalue weighted by Crippen LogP contribution is -2.36. The number of aliphatic hydroxyl groups is 1. The molecule has 28 heavy (non-hydrogen) atoms. The van der Waals surface area contributed by atoms with Crippen molar-refractivity contribution in [1.29, 1.82) is 0 Å². The Morgan fingerprint density at radius 1 is 1.25 bits per heavy atom. The van der Waals surface area contributed by atoms with Crippen LogP contribution < -0.4 is 0 Å². The summed E-state index contributed by atoms with van der Waals surface area (Å²) in [5.74, 6) is 0.754. The minimum Gasteiger partial charge on any atom is -0.383 e. The SMILES string of the molecule is Cc1cc(C)n2ncc(CN3CC4CCC(O)(c5ncccc5C)C4C3)c2n1. The van der Waals surface area contributed by atoms with E-state index in [9.17, 15) is 5.11 Å². The number of aryl methyl sites for hydroxylation is 3. The van der Waals surface area contributed by atoms with Crippen LogP contribution in [0.5, 0.6) is 0 Å². The van der Waals surface area contributed by atoms with Crippen LogP contribution in [0.3, 0.4) is 0 Å². The lowest BCUT2D eigenvalue weighted by Gasteiger charge is -2.31. The van der Waals surface area contributed by atoms with E-state index < -0.39 is 5.60 Å². The van der Waals surface area contributed by atoms with E-state index in [-0.39, 0.29) is 5.92 Å². The van der Waals surface area contributed by atoms with Crippen molar-refractivity contribution in [2.24, 2.45) is 11.8 Å². The van der Waals surface area contributed by atoms with E-state index >= 15 is 0 Å². The van der Waals surface area contributed by atoms with E-state index in [4.69, 9.17) is 4.98 Å². The van der Waals surface area contributed by atoms with Gasteiger partial charge in [0.1, 0.15) is 5.60 Å². The van der Waals surface area contributed by atoms with Gasteiger partial charge in [-0.05, 0) is 57.2 Å². The second-order valence-corrected chi connectivity index (χ2v) is 8.64. The van der Waals surface area contributed by atoms with Crippen LogP contribution >= 0.6 is 0 Å². The summed E-state index contributed by atoms with van der Waals surface area (Å²) in [6, 6.07) is 6.05. The predicted molar refractivity (Wildman–Crippen MR) is 107 cm³/mol. The Hall–Kier alpha value is -2.31. The highest BCUT2D eigenvalue weighted by molar-refractivity contribution is 5.48. The zero-order valence-electron chi connectivity index (χ0n) is 16.8. The fourth-order valence-corrected chi connectivity index (χ4v) is 5.42. The molecule has 0 bridgehead atoms. The Morgan fingerprint density at radius 2 is 2.11 bits per heavy atom. The third kappa shape index (κ3) is 2.66. The number of hydrogen-bond acceptors (Lipinski definition) is 5. The van der Waals surface area contributed by atoms with Crippen LogP contribution in [0, 0.1) is 32.6 Å². The lowest BCUT2D eigenvalue weighted by molar-refractivity contribution is -0.0114. The van der Waals surface area contributed by atoms with Crippen LogP contribution in [0.25, 0.3) is 5.65 Å². The molecular weight excluding hydrogens is 350 g/mol. The van der Waals surface area contributed by atoms with Crippen LogP contribution in [0.15, 0.2) is 30.6 Å². The van der Waals surface area contributed by atoms with Crippen molar-refractivity contribution in [1.82, 2.24) is 24.5 Å². The highest BCUT2D eigenvalue weighted by Gasteiger charge is 2.53. The van der Waals surface area contributed by atoms with E-state index in [0.29, 0.717) is 5.92 Å². The lowest BCUT2D eigenvalue weighted by atomic mass is 9.83. The maximum absolute atomic E-state index is 11.6. The van der Waals surface area contributed by atoms with E-state index in [1.165, 1.54) is 0 Å². The van der Waals surface area contributed by atoms with Crippen molar-refractivity contribution in [3.05, 3.63) is 58.8 Å². The van der Waals surface area contributed by atoms with Crippen LogP contribution in [0.2, 0.25) is 0 Å². The van der Waals surface area contributed by atoms with Crippen LogP contribution in [0.1, 0.15) is 41.1 Å². The van der Waals surface area contributed by atoms with Gasteiger partial charge in [-0.15, -0.1) is 0 Å². The van der Waals surface area contributed by atoms with E-state index in [1.54, 1.807) is 6.20 Å². The molecule has 146 valence electrons. The predicted octanol–water partition coefficient (Wildman–Crippen LogP) is 2.78. The average molecular weight is 377 g/mol. The van der Waals surface area contributed by atoms with Gasteiger partial charge in [-0.3, -0.25) is 9.88 Å².